The Morgan fingerprint density at radius 2 is 1.83 bits per heavy atom. The van der Waals surface area contributed by atoms with Gasteiger partial charge in [-0.2, -0.15) is 0 Å². The molecule has 1 aromatic carbocycles. The average molecular weight is 349 g/mol. The normalized spacial score (nSPS) is 14.9. The van der Waals surface area contributed by atoms with E-state index in [1.165, 1.54) is 32.4 Å². The molecule has 2 rings (SSSR count). The molecule has 1 amide bonds. The van der Waals surface area contributed by atoms with Crippen LogP contribution >= 0.6 is 12.2 Å². The maximum Gasteiger partial charge on any atom is 0.253 e. The highest BCUT2D eigenvalue weighted by Gasteiger charge is 2.09. The fourth-order valence-electron chi connectivity index (χ4n) is 2.82. The standard InChI is InChI=1S/C18H28N4OS/c1-21(2)17(23)15-7-9-16(10-8-15)20-18(24)19-11-6-14-22-12-4-3-5-13-22/h7-10H,3-6,11-14H2,1-2H3,(H2,19,20,24). The Bertz CT molecular complexity index is 538. The second-order valence-electron chi connectivity index (χ2n) is 6.41. The molecule has 0 bridgehead atoms. The van der Waals surface area contributed by atoms with Gasteiger partial charge in [0, 0.05) is 31.9 Å². The number of carbonyl (C=O) groups excluding carboxylic acids is 1. The summed E-state index contributed by atoms with van der Waals surface area (Å²) in [6, 6.07) is 7.37. The zero-order chi connectivity index (χ0) is 17.4. The van der Waals surface area contributed by atoms with E-state index < -0.39 is 0 Å². The number of nitrogens with one attached hydrogen (secondary N) is 2. The summed E-state index contributed by atoms with van der Waals surface area (Å²) in [6.07, 6.45) is 5.14. The van der Waals surface area contributed by atoms with E-state index in [0.29, 0.717) is 10.7 Å². The Balaban J connectivity index is 1.67. The minimum atomic E-state index is -0.0000331. The summed E-state index contributed by atoms with van der Waals surface area (Å²) in [4.78, 5) is 15.9. The zero-order valence-electron chi connectivity index (χ0n) is 14.7. The topological polar surface area (TPSA) is 47.6 Å². The van der Waals surface area contributed by atoms with Crippen molar-refractivity contribution in [3.05, 3.63) is 29.8 Å². The van der Waals surface area contributed by atoms with Crippen molar-refractivity contribution in [1.82, 2.24) is 15.1 Å². The van der Waals surface area contributed by atoms with Gasteiger partial charge < -0.3 is 20.4 Å². The van der Waals surface area contributed by atoms with Crippen molar-refractivity contribution >= 4 is 28.9 Å². The van der Waals surface area contributed by atoms with Crippen molar-refractivity contribution in [2.75, 3.05) is 45.6 Å². The summed E-state index contributed by atoms with van der Waals surface area (Å²) >= 11 is 5.32. The third-order valence-corrected chi connectivity index (χ3v) is 4.43. The number of carbonyl (C=O) groups is 1. The maximum absolute atomic E-state index is 11.8. The van der Waals surface area contributed by atoms with Gasteiger partial charge >= 0.3 is 0 Å². The zero-order valence-corrected chi connectivity index (χ0v) is 15.5. The Morgan fingerprint density at radius 1 is 1.17 bits per heavy atom. The largest absolute Gasteiger partial charge is 0.362 e. The van der Waals surface area contributed by atoms with Crippen molar-refractivity contribution in [2.45, 2.75) is 25.7 Å². The van der Waals surface area contributed by atoms with E-state index in [4.69, 9.17) is 12.2 Å². The first kappa shape index (κ1) is 18.7. The molecule has 5 nitrogen and oxygen atoms in total. The van der Waals surface area contributed by atoms with Crippen LogP contribution in [0.5, 0.6) is 0 Å². The summed E-state index contributed by atoms with van der Waals surface area (Å²) in [5.41, 5.74) is 1.56. The molecule has 1 saturated heterocycles. The van der Waals surface area contributed by atoms with Gasteiger partial charge in [0.05, 0.1) is 0 Å². The van der Waals surface area contributed by atoms with E-state index in [-0.39, 0.29) is 5.91 Å². The average Bonchev–Trinajstić information content (AvgIpc) is 2.59. The van der Waals surface area contributed by atoms with E-state index >= 15 is 0 Å². The molecule has 1 aromatic rings. The summed E-state index contributed by atoms with van der Waals surface area (Å²) < 4.78 is 0. The summed E-state index contributed by atoms with van der Waals surface area (Å²) in [5.74, 6) is -0.0000331. The van der Waals surface area contributed by atoms with Crippen molar-refractivity contribution < 1.29 is 4.79 Å². The van der Waals surface area contributed by atoms with E-state index in [2.05, 4.69) is 15.5 Å². The smallest absolute Gasteiger partial charge is 0.253 e. The predicted molar refractivity (Wildman–Crippen MR) is 104 cm³/mol. The molecule has 0 unspecified atom stereocenters. The number of amides is 1. The Hall–Kier alpha value is -1.66. The number of nitrogens with zero attached hydrogens (tertiary/aromatic N) is 2. The molecule has 0 atom stereocenters. The van der Waals surface area contributed by atoms with Gasteiger partial charge in [0.15, 0.2) is 5.11 Å². The second kappa shape index (κ2) is 9.59. The lowest BCUT2D eigenvalue weighted by Crippen LogP contribution is -2.34. The van der Waals surface area contributed by atoms with Crippen molar-refractivity contribution in [3.63, 3.8) is 0 Å². The van der Waals surface area contributed by atoms with Crippen molar-refractivity contribution in [1.29, 1.82) is 0 Å². The first-order valence-corrected chi connectivity index (χ1v) is 9.06. The van der Waals surface area contributed by atoms with Gasteiger partial charge in [0.2, 0.25) is 0 Å². The molecule has 24 heavy (non-hydrogen) atoms. The summed E-state index contributed by atoms with van der Waals surface area (Å²) in [5, 5.41) is 7.03. The number of piperidine rings is 1. The molecule has 1 aliphatic heterocycles. The highest BCUT2D eigenvalue weighted by molar-refractivity contribution is 7.80. The van der Waals surface area contributed by atoms with E-state index in [1.54, 1.807) is 19.0 Å². The molecule has 132 valence electrons. The van der Waals surface area contributed by atoms with Crippen molar-refractivity contribution in [3.8, 4) is 0 Å². The molecule has 0 aliphatic carbocycles. The van der Waals surface area contributed by atoms with Crippen LogP contribution in [0.15, 0.2) is 24.3 Å². The molecule has 1 heterocycles. The highest BCUT2D eigenvalue weighted by atomic mass is 32.1. The SMILES string of the molecule is CN(C)C(=O)c1ccc(NC(=S)NCCCN2CCCCC2)cc1. The molecular formula is C18H28N4OS. The lowest BCUT2D eigenvalue weighted by Gasteiger charge is -2.26. The van der Waals surface area contributed by atoms with E-state index in [1.807, 2.05) is 24.3 Å². The van der Waals surface area contributed by atoms with Crippen LogP contribution in [0.4, 0.5) is 5.69 Å². The first-order valence-electron chi connectivity index (χ1n) is 8.65. The lowest BCUT2D eigenvalue weighted by atomic mass is 10.1. The molecule has 2 N–H and O–H groups in total. The number of likely N-dealkylation sites (tertiary alicyclic amines) is 1. The number of benzene rings is 1. The van der Waals surface area contributed by atoms with Gasteiger partial charge in [-0.1, -0.05) is 6.42 Å². The molecule has 0 aromatic heterocycles. The number of rotatable bonds is 6. The van der Waals surface area contributed by atoms with Gasteiger partial charge in [0.1, 0.15) is 0 Å². The highest BCUT2D eigenvalue weighted by Crippen LogP contribution is 2.11. The van der Waals surface area contributed by atoms with Crippen LogP contribution in [0.3, 0.4) is 0 Å². The third kappa shape index (κ3) is 6.09. The molecule has 0 spiro atoms. The Labute approximate surface area is 150 Å². The fraction of sp³-hybridized carbons (Fsp3) is 0.556. The number of thiocarbonyl (C=S) groups is 1. The van der Waals surface area contributed by atoms with Gasteiger partial charge in [-0.05, 0) is 75.4 Å². The van der Waals surface area contributed by atoms with Crippen LogP contribution in [-0.4, -0.2) is 61.1 Å². The summed E-state index contributed by atoms with van der Waals surface area (Å²) in [6.45, 7) is 4.48. The molecule has 1 fully saturated rings. The van der Waals surface area contributed by atoms with Crippen LogP contribution in [-0.2, 0) is 0 Å². The van der Waals surface area contributed by atoms with Crippen molar-refractivity contribution in [2.24, 2.45) is 0 Å². The summed E-state index contributed by atoms with van der Waals surface area (Å²) in [7, 11) is 3.49. The van der Waals surface area contributed by atoms with Gasteiger partial charge in [0.25, 0.3) is 5.91 Å². The van der Waals surface area contributed by atoms with Crippen LogP contribution in [0.2, 0.25) is 0 Å². The molecular weight excluding hydrogens is 320 g/mol. The minimum absolute atomic E-state index is 0.0000331. The molecule has 1 aliphatic rings. The molecule has 0 radical (unpaired) electrons. The molecule has 0 saturated carbocycles. The number of anilines is 1. The predicted octanol–water partition coefficient (Wildman–Crippen LogP) is 2.55. The van der Waals surface area contributed by atoms with Gasteiger partial charge in [-0.3, -0.25) is 4.79 Å². The lowest BCUT2D eigenvalue weighted by molar-refractivity contribution is 0.0827. The number of hydrogen-bond acceptors (Lipinski definition) is 3. The van der Waals surface area contributed by atoms with Crippen LogP contribution in [0.1, 0.15) is 36.0 Å². The minimum Gasteiger partial charge on any atom is -0.362 e. The Kier molecular flexibility index (Phi) is 7.46. The second-order valence-corrected chi connectivity index (χ2v) is 6.82. The quantitative estimate of drug-likeness (QED) is 0.611. The number of hydrogen-bond donors (Lipinski definition) is 2. The Morgan fingerprint density at radius 3 is 2.46 bits per heavy atom. The van der Waals surface area contributed by atoms with Crippen LogP contribution in [0.25, 0.3) is 0 Å². The van der Waals surface area contributed by atoms with E-state index in [9.17, 15) is 4.79 Å². The molecule has 6 heteroatoms. The fourth-order valence-corrected chi connectivity index (χ4v) is 3.04. The van der Waals surface area contributed by atoms with Crippen LogP contribution in [0, 0.1) is 0 Å². The van der Waals surface area contributed by atoms with Gasteiger partial charge in [-0.25, -0.2) is 0 Å². The maximum atomic E-state index is 11.8. The van der Waals surface area contributed by atoms with E-state index in [0.717, 1.165) is 25.2 Å². The monoisotopic (exact) mass is 348 g/mol. The first-order chi connectivity index (χ1) is 11.6. The van der Waals surface area contributed by atoms with Gasteiger partial charge in [-0.15, -0.1) is 0 Å². The van der Waals surface area contributed by atoms with Crippen LogP contribution < -0.4 is 10.6 Å². The third-order valence-electron chi connectivity index (χ3n) is 4.18.